The van der Waals surface area contributed by atoms with Gasteiger partial charge in [0, 0.05) is 6.04 Å². The van der Waals surface area contributed by atoms with Crippen molar-refractivity contribution in [2.75, 3.05) is 26.7 Å². The van der Waals surface area contributed by atoms with Crippen LogP contribution in [-0.4, -0.2) is 54.8 Å². The molecule has 0 radical (unpaired) electrons. The monoisotopic (exact) mass is 346 g/mol. The molecule has 1 saturated carbocycles. The standard InChI is InChI=1S/C20H30N2O3/c1-25-18-7-3-2-5-15(18)6-4-12-22-13-10-16(11-14-22)19(23)20(24)21-17-8-9-17/h2-3,5,7,16-17,19,23H,4,6,8-14H2,1H3,(H,21,24). The highest BCUT2D eigenvalue weighted by Gasteiger charge is 2.32. The van der Waals surface area contributed by atoms with Crippen molar-refractivity contribution in [3.63, 3.8) is 0 Å². The van der Waals surface area contributed by atoms with Crippen LogP contribution >= 0.6 is 0 Å². The van der Waals surface area contributed by atoms with Gasteiger partial charge in [-0.05, 0) is 75.7 Å². The van der Waals surface area contributed by atoms with Crippen LogP contribution in [0, 0.1) is 5.92 Å². The number of aliphatic hydroxyl groups excluding tert-OH is 1. The summed E-state index contributed by atoms with van der Waals surface area (Å²) in [6.07, 6.45) is 5.18. The van der Waals surface area contributed by atoms with Gasteiger partial charge in [-0.1, -0.05) is 18.2 Å². The molecule has 0 bridgehead atoms. The molecule has 2 aliphatic rings. The lowest BCUT2D eigenvalue weighted by Gasteiger charge is -2.33. The van der Waals surface area contributed by atoms with Crippen LogP contribution in [0.25, 0.3) is 0 Å². The van der Waals surface area contributed by atoms with Gasteiger partial charge < -0.3 is 20.1 Å². The van der Waals surface area contributed by atoms with Gasteiger partial charge in [-0.2, -0.15) is 0 Å². The fraction of sp³-hybridized carbons (Fsp3) is 0.650. The first-order valence-electron chi connectivity index (χ1n) is 9.50. The van der Waals surface area contributed by atoms with E-state index >= 15 is 0 Å². The molecule has 1 unspecified atom stereocenters. The number of nitrogens with zero attached hydrogens (tertiary/aromatic N) is 1. The summed E-state index contributed by atoms with van der Waals surface area (Å²) in [4.78, 5) is 14.4. The first kappa shape index (κ1) is 18.2. The van der Waals surface area contributed by atoms with Crippen molar-refractivity contribution in [1.29, 1.82) is 0 Å². The highest BCUT2D eigenvalue weighted by atomic mass is 16.5. The van der Waals surface area contributed by atoms with Gasteiger partial charge in [0.2, 0.25) is 5.91 Å². The average molecular weight is 346 g/mol. The molecular weight excluding hydrogens is 316 g/mol. The van der Waals surface area contributed by atoms with Gasteiger partial charge in [-0.15, -0.1) is 0 Å². The minimum atomic E-state index is -0.837. The molecule has 1 atom stereocenters. The topological polar surface area (TPSA) is 61.8 Å². The fourth-order valence-corrected chi connectivity index (χ4v) is 3.62. The Hall–Kier alpha value is -1.59. The number of aliphatic hydroxyl groups is 1. The predicted octanol–water partition coefficient (Wildman–Crippen LogP) is 1.98. The number of likely N-dealkylation sites (tertiary alicyclic amines) is 1. The Morgan fingerprint density at radius 3 is 2.68 bits per heavy atom. The van der Waals surface area contributed by atoms with E-state index in [1.165, 1.54) is 5.56 Å². The summed E-state index contributed by atoms with van der Waals surface area (Å²) in [5, 5.41) is 13.2. The molecule has 2 N–H and O–H groups in total. The zero-order valence-corrected chi connectivity index (χ0v) is 15.1. The second-order valence-electron chi connectivity index (χ2n) is 7.32. The van der Waals surface area contributed by atoms with Crippen molar-refractivity contribution in [3.8, 4) is 5.75 Å². The number of nitrogens with one attached hydrogen (secondary N) is 1. The Bertz CT molecular complexity index is 566. The molecule has 0 aromatic heterocycles. The van der Waals surface area contributed by atoms with Crippen molar-refractivity contribution in [3.05, 3.63) is 29.8 Å². The molecule has 138 valence electrons. The largest absolute Gasteiger partial charge is 0.496 e. The lowest BCUT2D eigenvalue weighted by molar-refractivity contribution is -0.133. The lowest BCUT2D eigenvalue weighted by Crippen LogP contribution is -2.45. The number of hydrogen-bond acceptors (Lipinski definition) is 4. The molecular formula is C20H30N2O3. The van der Waals surface area contributed by atoms with Gasteiger partial charge in [0.25, 0.3) is 0 Å². The lowest BCUT2D eigenvalue weighted by atomic mass is 9.90. The third kappa shape index (κ3) is 5.19. The number of rotatable bonds is 8. The van der Waals surface area contributed by atoms with Gasteiger partial charge in [-0.25, -0.2) is 0 Å². The highest BCUT2D eigenvalue weighted by Crippen LogP contribution is 2.24. The van der Waals surface area contributed by atoms with Crippen molar-refractivity contribution in [2.24, 2.45) is 5.92 Å². The Kier molecular flexibility index (Phi) is 6.32. The van der Waals surface area contributed by atoms with Crippen LogP contribution in [0.2, 0.25) is 0 Å². The maximum atomic E-state index is 12.0. The van der Waals surface area contributed by atoms with Crippen LogP contribution in [0.3, 0.4) is 0 Å². The summed E-state index contributed by atoms with van der Waals surface area (Å²) in [6.45, 7) is 2.98. The van der Waals surface area contributed by atoms with Crippen molar-refractivity contribution < 1.29 is 14.6 Å². The van der Waals surface area contributed by atoms with Crippen LogP contribution in [-0.2, 0) is 11.2 Å². The van der Waals surface area contributed by atoms with Crippen LogP contribution in [0.1, 0.15) is 37.7 Å². The summed E-state index contributed by atoms with van der Waals surface area (Å²) in [5.74, 6) is 0.896. The molecule has 1 saturated heterocycles. The average Bonchev–Trinajstić information content (AvgIpc) is 3.46. The minimum absolute atomic E-state index is 0.101. The first-order valence-corrected chi connectivity index (χ1v) is 9.50. The molecule has 25 heavy (non-hydrogen) atoms. The van der Waals surface area contributed by atoms with E-state index in [9.17, 15) is 9.90 Å². The van der Waals surface area contributed by atoms with E-state index in [4.69, 9.17) is 4.74 Å². The number of aryl methyl sites for hydroxylation is 1. The number of carbonyl (C=O) groups is 1. The number of amides is 1. The molecule has 3 rings (SSSR count). The predicted molar refractivity (Wildman–Crippen MR) is 97.7 cm³/mol. The Morgan fingerprint density at radius 2 is 2.00 bits per heavy atom. The Labute approximate surface area is 150 Å². The second-order valence-corrected chi connectivity index (χ2v) is 7.32. The third-order valence-corrected chi connectivity index (χ3v) is 5.38. The van der Waals surface area contributed by atoms with E-state index in [-0.39, 0.29) is 11.8 Å². The smallest absolute Gasteiger partial charge is 0.249 e. The SMILES string of the molecule is COc1ccccc1CCCN1CCC(C(O)C(=O)NC2CC2)CC1. The second kappa shape index (κ2) is 8.68. The maximum absolute atomic E-state index is 12.0. The molecule has 1 aliphatic heterocycles. The van der Waals surface area contributed by atoms with Gasteiger partial charge >= 0.3 is 0 Å². The number of methoxy groups -OCH3 is 1. The number of ether oxygens (including phenoxy) is 1. The molecule has 2 fully saturated rings. The van der Waals surface area contributed by atoms with E-state index < -0.39 is 6.10 Å². The normalized spacial score (nSPS) is 20.2. The van der Waals surface area contributed by atoms with E-state index in [0.717, 1.165) is 63.9 Å². The van der Waals surface area contributed by atoms with Gasteiger partial charge in [0.15, 0.2) is 0 Å². The van der Waals surface area contributed by atoms with Crippen LogP contribution < -0.4 is 10.1 Å². The van der Waals surface area contributed by atoms with E-state index in [1.54, 1.807) is 7.11 Å². The zero-order chi connectivity index (χ0) is 17.6. The zero-order valence-electron chi connectivity index (χ0n) is 15.1. The summed E-state index contributed by atoms with van der Waals surface area (Å²) in [5.41, 5.74) is 1.26. The summed E-state index contributed by atoms with van der Waals surface area (Å²) < 4.78 is 5.40. The quantitative estimate of drug-likeness (QED) is 0.756. The van der Waals surface area contributed by atoms with Crippen molar-refractivity contribution in [2.45, 2.75) is 50.7 Å². The number of benzene rings is 1. The van der Waals surface area contributed by atoms with Gasteiger partial charge in [0.05, 0.1) is 7.11 Å². The van der Waals surface area contributed by atoms with E-state index in [1.807, 2.05) is 12.1 Å². The summed E-state index contributed by atoms with van der Waals surface area (Å²) in [7, 11) is 1.72. The Morgan fingerprint density at radius 1 is 1.28 bits per heavy atom. The Balaban J connectivity index is 1.36. The fourth-order valence-electron chi connectivity index (χ4n) is 3.62. The first-order chi connectivity index (χ1) is 12.2. The van der Waals surface area contributed by atoms with Crippen molar-refractivity contribution >= 4 is 5.91 Å². The van der Waals surface area contributed by atoms with Crippen LogP contribution in [0.5, 0.6) is 5.75 Å². The molecule has 1 aromatic carbocycles. The third-order valence-electron chi connectivity index (χ3n) is 5.38. The molecule has 1 aliphatic carbocycles. The minimum Gasteiger partial charge on any atom is -0.496 e. The maximum Gasteiger partial charge on any atom is 0.249 e. The van der Waals surface area contributed by atoms with Gasteiger partial charge in [-0.3, -0.25) is 4.79 Å². The molecule has 5 nitrogen and oxygen atoms in total. The number of para-hydroxylation sites is 1. The van der Waals surface area contributed by atoms with Crippen LogP contribution in [0.15, 0.2) is 24.3 Å². The highest BCUT2D eigenvalue weighted by molar-refractivity contribution is 5.81. The molecule has 1 amide bonds. The number of hydrogen-bond donors (Lipinski definition) is 2. The summed E-state index contributed by atoms with van der Waals surface area (Å²) in [6, 6.07) is 8.50. The number of piperidine rings is 1. The van der Waals surface area contributed by atoms with Crippen LogP contribution in [0.4, 0.5) is 0 Å². The summed E-state index contributed by atoms with van der Waals surface area (Å²) >= 11 is 0. The van der Waals surface area contributed by atoms with E-state index in [0.29, 0.717) is 6.04 Å². The molecule has 0 spiro atoms. The van der Waals surface area contributed by atoms with Gasteiger partial charge in [0.1, 0.15) is 11.9 Å². The number of carbonyl (C=O) groups excluding carboxylic acids is 1. The van der Waals surface area contributed by atoms with Crippen molar-refractivity contribution in [1.82, 2.24) is 10.2 Å². The molecule has 5 heteroatoms. The van der Waals surface area contributed by atoms with E-state index in [2.05, 4.69) is 22.3 Å². The molecule has 1 heterocycles. The molecule has 1 aromatic rings.